The lowest BCUT2D eigenvalue weighted by molar-refractivity contribution is 1.26. The van der Waals surface area contributed by atoms with Crippen LogP contribution in [0.1, 0.15) is 11.1 Å². The Morgan fingerprint density at radius 2 is 2.00 bits per heavy atom. The van der Waals surface area contributed by atoms with E-state index in [1.165, 1.54) is 0 Å². The van der Waals surface area contributed by atoms with Crippen LogP contribution in [0.5, 0.6) is 0 Å². The number of aryl methyl sites for hydroxylation is 1. The molecule has 4 heteroatoms. The minimum absolute atomic E-state index is 0.647. The molecule has 0 saturated carbocycles. The van der Waals surface area contributed by atoms with Gasteiger partial charge in [-0.1, -0.05) is 18.2 Å². The Labute approximate surface area is 108 Å². The molecule has 2 aromatic rings. The average Bonchev–Trinajstić information content (AvgIpc) is 2.29. The van der Waals surface area contributed by atoms with E-state index in [0.29, 0.717) is 11.4 Å². The van der Waals surface area contributed by atoms with Gasteiger partial charge in [0.15, 0.2) is 0 Å². The highest BCUT2D eigenvalue weighted by Crippen LogP contribution is 2.22. The van der Waals surface area contributed by atoms with Crippen molar-refractivity contribution in [1.29, 1.82) is 5.26 Å². The number of nitriles is 1. The minimum atomic E-state index is 0.647. The van der Waals surface area contributed by atoms with E-state index in [1.807, 2.05) is 43.3 Å². The van der Waals surface area contributed by atoms with Gasteiger partial charge >= 0.3 is 0 Å². The molecule has 1 aromatic carbocycles. The van der Waals surface area contributed by atoms with E-state index in [1.54, 1.807) is 0 Å². The zero-order valence-corrected chi connectivity index (χ0v) is 10.8. The molecule has 0 spiro atoms. The van der Waals surface area contributed by atoms with Crippen LogP contribution >= 0.6 is 15.9 Å². The number of benzene rings is 1. The van der Waals surface area contributed by atoms with Crippen LogP contribution in [0.2, 0.25) is 0 Å². The number of nitrogens with one attached hydrogen (secondary N) is 1. The Morgan fingerprint density at radius 3 is 2.71 bits per heavy atom. The number of halogens is 1. The smallest absolute Gasteiger partial charge is 0.131 e. The molecular weight excluding hydrogens is 278 g/mol. The van der Waals surface area contributed by atoms with Crippen molar-refractivity contribution in [2.75, 3.05) is 5.32 Å². The summed E-state index contributed by atoms with van der Waals surface area (Å²) >= 11 is 3.31. The fourth-order valence-corrected chi connectivity index (χ4v) is 1.88. The molecule has 0 saturated heterocycles. The van der Waals surface area contributed by atoms with Crippen molar-refractivity contribution in [2.24, 2.45) is 0 Å². The molecule has 0 fully saturated rings. The van der Waals surface area contributed by atoms with E-state index in [-0.39, 0.29) is 0 Å². The fraction of sp³-hybridized carbons (Fsp3) is 0.0769. The molecule has 3 nitrogen and oxygen atoms in total. The molecule has 1 aromatic heterocycles. The van der Waals surface area contributed by atoms with E-state index in [9.17, 15) is 0 Å². The predicted octanol–water partition coefficient (Wildman–Crippen LogP) is 3.77. The van der Waals surface area contributed by atoms with Crippen molar-refractivity contribution in [1.82, 2.24) is 4.98 Å². The second-order valence-corrected chi connectivity index (χ2v) is 4.39. The summed E-state index contributed by atoms with van der Waals surface area (Å²) < 4.78 is 0.758. The molecule has 0 radical (unpaired) electrons. The van der Waals surface area contributed by atoms with E-state index in [4.69, 9.17) is 5.26 Å². The lowest BCUT2D eigenvalue weighted by Crippen LogP contribution is -1.97. The number of nitrogens with zero attached hydrogens (tertiary/aromatic N) is 2. The van der Waals surface area contributed by atoms with E-state index in [0.717, 1.165) is 15.9 Å². The van der Waals surface area contributed by atoms with Gasteiger partial charge in [0.2, 0.25) is 0 Å². The van der Waals surface area contributed by atoms with Crippen LogP contribution in [-0.4, -0.2) is 4.98 Å². The van der Waals surface area contributed by atoms with Gasteiger partial charge in [0.05, 0.1) is 11.3 Å². The number of pyridine rings is 1. The zero-order chi connectivity index (χ0) is 12.3. The first-order chi connectivity index (χ1) is 8.20. The number of aromatic nitrogens is 1. The van der Waals surface area contributed by atoms with Crippen LogP contribution in [0.4, 0.5) is 11.5 Å². The zero-order valence-electron chi connectivity index (χ0n) is 9.24. The van der Waals surface area contributed by atoms with Crippen molar-refractivity contribution in [2.45, 2.75) is 6.92 Å². The number of anilines is 2. The highest BCUT2D eigenvalue weighted by Gasteiger charge is 2.05. The summed E-state index contributed by atoms with van der Waals surface area (Å²) in [4.78, 5) is 4.27. The van der Waals surface area contributed by atoms with Gasteiger partial charge in [-0.3, -0.25) is 0 Å². The van der Waals surface area contributed by atoms with Crippen molar-refractivity contribution >= 4 is 27.4 Å². The second-order valence-electron chi connectivity index (χ2n) is 3.58. The van der Waals surface area contributed by atoms with Crippen molar-refractivity contribution < 1.29 is 0 Å². The topological polar surface area (TPSA) is 48.7 Å². The van der Waals surface area contributed by atoms with Gasteiger partial charge in [-0.05, 0) is 46.6 Å². The Balaban J connectivity index is 2.37. The molecule has 1 heterocycles. The summed E-state index contributed by atoms with van der Waals surface area (Å²) in [5.74, 6) is 0.710. The molecule has 0 bridgehead atoms. The van der Waals surface area contributed by atoms with Crippen LogP contribution in [-0.2, 0) is 0 Å². The van der Waals surface area contributed by atoms with Crippen LogP contribution < -0.4 is 5.32 Å². The first kappa shape index (κ1) is 11.6. The van der Waals surface area contributed by atoms with E-state index >= 15 is 0 Å². The van der Waals surface area contributed by atoms with E-state index in [2.05, 4.69) is 32.3 Å². The second kappa shape index (κ2) is 4.98. The van der Waals surface area contributed by atoms with Gasteiger partial charge in [-0.15, -0.1) is 0 Å². The Hall–Kier alpha value is -1.86. The normalized spacial score (nSPS) is 9.71. The lowest BCUT2D eigenvalue weighted by Gasteiger charge is -2.09. The summed E-state index contributed by atoms with van der Waals surface area (Å²) in [6.45, 7) is 1.91. The number of rotatable bonds is 2. The summed E-state index contributed by atoms with van der Waals surface area (Å²) in [5.41, 5.74) is 2.37. The van der Waals surface area contributed by atoms with Crippen molar-refractivity contribution in [3.63, 3.8) is 0 Å². The number of hydrogen-bond acceptors (Lipinski definition) is 3. The van der Waals surface area contributed by atoms with Gasteiger partial charge in [-0.25, -0.2) is 4.98 Å². The first-order valence-corrected chi connectivity index (χ1v) is 5.89. The molecule has 84 valence electrons. The van der Waals surface area contributed by atoms with Gasteiger partial charge < -0.3 is 5.32 Å². The SMILES string of the molecule is Cc1cccc(Nc2cccc(Br)n2)c1C#N. The Morgan fingerprint density at radius 1 is 1.24 bits per heavy atom. The Bertz CT molecular complexity index is 587. The molecule has 0 aliphatic carbocycles. The molecule has 2 rings (SSSR count). The molecule has 1 N–H and O–H groups in total. The van der Waals surface area contributed by atoms with Gasteiger partial charge in [0.25, 0.3) is 0 Å². The van der Waals surface area contributed by atoms with Crippen molar-refractivity contribution in [3.8, 4) is 6.07 Å². The van der Waals surface area contributed by atoms with Gasteiger partial charge in [0.1, 0.15) is 16.5 Å². The third kappa shape index (κ3) is 2.63. The van der Waals surface area contributed by atoms with Crippen LogP contribution in [0.15, 0.2) is 41.0 Å². The summed E-state index contributed by atoms with van der Waals surface area (Å²) in [6.07, 6.45) is 0. The molecular formula is C13H10BrN3. The quantitative estimate of drug-likeness (QED) is 0.856. The van der Waals surface area contributed by atoms with E-state index < -0.39 is 0 Å². The predicted molar refractivity (Wildman–Crippen MR) is 71.1 cm³/mol. The fourth-order valence-electron chi connectivity index (χ4n) is 1.54. The molecule has 0 atom stereocenters. The van der Waals surface area contributed by atoms with Crippen LogP contribution in [0.25, 0.3) is 0 Å². The lowest BCUT2D eigenvalue weighted by atomic mass is 10.1. The average molecular weight is 288 g/mol. The maximum atomic E-state index is 9.11. The number of hydrogen-bond donors (Lipinski definition) is 1. The third-order valence-corrected chi connectivity index (χ3v) is 2.80. The summed E-state index contributed by atoms with van der Waals surface area (Å²) in [7, 11) is 0. The summed E-state index contributed by atoms with van der Waals surface area (Å²) in [6, 6.07) is 13.5. The highest BCUT2D eigenvalue weighted by molar-refractivity contribution is 9.10. The first-order valence-electron chi connectivity index (χ1n) is 5.10. The maximum Gasteiger partial charge on any atom is 0.131 e. The maximum absolute atomic E-state index is 9.11. The molecule has 0 aliphatic heterocycles. The van der Waals surface area contributed by atoms with Gasteiger partial charge in [0, 0.05) is 0 Å². The van der Waals surface area contributed by atoms with Crippen LogP contribution in [0.3, 0.4) is 0 Å². The third-order valence-electron chi connectivity index (χ3n) is 2.36. The van der Waals surface area contributed by atoms with Gasteiger partial charge in [-0.2, -0.15) is 5.26 Å². The minimum Gasteiger partial charge on any atom is -0.339 e. The van der Waals surface area contributed by atoms with Crippen LogP contribution in [0, 0.1) is 18.3 Å². The molecule has 0 amide bonds. The molecule has 0 unspecified atom stereocenters. The largest absolute Gasteiger partial charge is 0.339 e. The molecule has 17 heavy (non-hydrogen) atoms. The molecule has 0 aliphatic rings. The Kier molecular flexibility index (Phi) is 3.40. The van der Waals surface area contributed by atoms with Crippen molar-refractivity contribution in [3.05, 3.63) is 52.1 Å². The standard InChI is InChI=1S/C13H10BrN3/c1-9-4-2-5-11(10(9)8-15)16-13-7-3-6-12(14)17-13/h2-7H,1H3,(H,16,17). The highest BCUT2D eigenvalue weighted by atomic mass is 79.9. The monoisotopic (exact) mass is 287 g/mol. The summed E-state index contributed by atoms with van der Waals surface area (Å²) in [5, 5.41) is 12.3.